The number of hydrogen-bond acceptors (Lipinski definition) is 5. The largest absolute Gasteiger partial charge is 0.504 e. The molecule has 0 unspecified atom stereocenters. The Balaban J connectivity index is 2.21. The fraction of sp³-hybridized carbons (Fsp3) is 0.125. The Labute approximate surface area is 159 Å². The van der Waals surface area contributed by atoms with Gasteiger partial charge in [0.15, 0.2) is 10.9 Å². The number of phenols is 1. The molecule has 0 spiro atoms. The molecule has 25 heavy (non-hydrogen) atoms. The molecule has 0 aliphatic rings. The maximum Gasteiger partial charge on any atom is 0.264 e. The van der Waals surface area contributed by atoms with E-state index in [0.717, 1.165) is 0 Å². The molecule has 0 heterocycles. The number of methoxy groups -OCH3 is 2. The number of hydrogen-bond donors (Lipinski definition) is 3. The Morgan fingerprint density at radius 1 is 1.16 bits per heavy atom. The smallest absolute Gasteiger partial charge is 0.264 e. The first kappa shape index (κ1) is 19.1. The van der Waals surface area contributed by atoms with Gasteiger partial charge in [-0.15, -0.1) is 0 Å². The number of nitrogens with one attached hydrogen (secondary N) is 2. The lowest BCUT2D eigenvalue weighted by molar-refractivity contribution is 0.0971. The van der Waals surface area contributed by atoms with Gasteiger partial charge in [0, 0.05) is 5.02 Å². The van der Waals surface area contributed by atoms with Gasteiger partial charge in [0.05, 0.1) is 24.9 Å². The predicted molar refractivity (Wildman–Crippen MR) is 101 cm³/mol. The predicted octanol–water partition coefficient (Wildman–Crippen LogP) is 3.84. The topological polar surface area (TPSA) is 79.8 Å². The molecule has 2 aromatic rings. The molecule has 2 aromatic carbocycles. The van der Waals surface area contributed by atoms with E-state index in [9.17, 15) is 9.90 Å². The average Bonchev–Trinajstić information content (AvgIpc) is 2.58. The molecule has 0 aliphatic carbocycles. The Morgan fingerprint density at radius 2 is 1.76 bits per heavy atom. The Morgan fingerprint density at radius 3 is 2.32 bits per heavy atom. The number of ether oxygens (including phenoxy) is 2. The third kappa shape index (κ3) is 4.45. The molecule has 0 fully saturated rings. The number of anilines is 1. The molecule has 0 aliphatic heterocycles. The number of thiocarbonyl (C=S) groups is 1. The maximum absolute atomic E-state index is 12.5. The highest BCUT2D eigenvalue weighted by Crippen LogP contribution is 2.35. The van der Waals surface area contributed by atoms with E-state index in [0.29, 0.717) is 16.5 Å². The summed E-state index contributed by atoms with van der Waals surface area (Å²) < 4.78 is 10.4. The van der Waals surface area contributed by atoms with Gasteiger partial charge in [0.2, 0.25) is 0 Å². The zero-order chi connectivity index (χ0) is 18.6. The number of carbonyl (C=O) groups excluding carboxylic acids is 1. The second-order valence-electron chi connectivity index (χ2n) is 4.73. The van der Waals surface area contributed by atoms with Crippen molar-refractivity contribution in [2.45, 2.75) is 0 Å². The first-order valence-corrected chi connectivity index (χ1v) is 8.05. The molecule has 0 saturated carbocycles. The summed E-state index contributed by atoms with van der Waals surface area (Å²) >= 11 is 16.8. The quantitative estimate of drug-likeness (QED) is 0.534. The van der Waals surface area contributed by atoms with Gasteiger partial charge in [-0.2, -0.15) is 0 Å². The fourth-order valence-electron chi connectivity index (χ4n) is 2.06. The molecule has 2 rings (SSSR count). The van der Waals surface area contributed by atoms with Crippen molar-refractivity contribution >= 4 is 52.1 Å². The number of halogens is 2. The monoisotopic (exact) mass is 400 g/mol. The van der Waals surface area contributed by atoms with Gasteiger partial charge in [-0.1, -0.05) is 29.3 Å². The van der Waals surface area contributed by atoms with Crippen molar-refractivity contribution in [3.05, 3.63) is 45.9 Å². The van der Waals surface area contributed by atoms with Crippen LogP contribution in [0.2, 0.25) is 10.0 Å². The van der Waals surface area contributed by atoms with Gasteiger partial charge >= 0.3 is 0 Å². The van der Waals surface area contributed by atoms with E-state index in [1.54, 1.807) is 18.2 Å². The summed E-state index contributed by atoms with van der Waals surface area (Å²) in [5.41, 5.74) is 0.347. The van der Waals surface area contributed by atoms with E-state index < -0.39 is 5.91 Å². The summed E-state index contributed by atoms with van der Waals surface area (Å²) in [6, 6.07) is 7.74. The normalized spacial score (nSPS) is 10.1. The van der Waals surface area contributed by atoms with E-state index in [4.69, 9.17) is 44.9 Å². The SMILES string of the molecule is COc1cccc(OC)c1C(=O)NC(=S)Nc1cc(Cl)cc(Cl)c1O. The molecule has 6 nitrogen and oxygen atoms in total. The molecule has 0 saturated heterocycles. The highest BCUT2D eigenvalue weighted by molar-refractivity contribution is 7.80. The van der Waals surface area contributed by atoms with Gasteiger partial charge in [-0.25, -0.2) is 0 Å². The summed E-state index contributed by atoms with van der Waals surface area (Å²) in [5.74, 6) is -0.126. The van der Waals surface area contributed by atoms with Crippen LogP contribution in [0.1, 0.15) is 10.4 Å². The van der Waals surface area contributed by atoms with Crippen molar-refractivity contribution in [3.63, 3.8) is 0 Å². The molecule has 0 bridgehead atoms. The minimum Gasteiger partial charge on any atom is -0.504 e. The van der Waals surface area contributed by atoms with Crippen LogP contribution in [0.5, 0.6) is 17.2 Å². The molecular weight excluding hydrogens is 387 g/mol. The van der Waals surface area contributed by atoms with E-state index in [1.807, 2.05) is 0 Å². The number of amides is 1. The van der Waals surface area contributed by atoms with Crippen molar-refractivity contribution in [2.75, 3.05) is 19.5 Å². The van der Waals surface area contributed by atoms with Crippen molar-refractivity contribution in [1.29, 1.82) is 0 Å². The minimum absolute atomic E-state index is 0.0514. The summed E-state index contributed by atoms with van der Waals surface area (Å²) in [5, 5.41) is 15.4. The van der Waals surface area contributed by atoms with Gasteiger partial charge in [-0.05, 0) is 36.5 Å². The van der Waals surface area contributed by atoms with Crippen molar-refractivity contribution in [2.24, 2.45) is 0 Å². The zero-order valence-electron chi connectivity index (χ0n) is 13.2. The first-order chi connectivity index (χ1) is 11.9. The van der Waals surface area contributed by atoms with Crippen LogP contribution in [0, 0.1) is 0 Å². The van der Waals surface area contributed by atoms with E-state index in [1.165, 1.54) is 26.4 Å². The molecular formula is C16H14Cl2N2O4S. The van der Waals surface area contributed by atoms with Crippen LogP contribution in [-0.2, 0) is 0 Å². The van der Waals surface area contributed by atoms with E-state index >= 15 is 0 Å². The summed E-state index contributed by atoms with van der Waals surface area (Å²) in [6.07, 6.45) is 0. The van der Waals surface area contributed by atoms with Crippen LogP contribution in [0.3, 0.4) is 0 Å². The summed E-state index contributed by atoms with van der Waals surface area (Å²) in [4.78, 5) is 12.5. The third-order valence-electron chi connectivity index (χ3n) is 3.16. The second-order valence-corrected chi connectivity index (χ2v) is 5.98. The number of aromatic hydroxyl groups is 1. The molecule has 0 atom stereocenters. The van der Waals surface area contributed by atoms with Gasteiger partial charge in [-0.3, -0.25) is 10.1 Å². The van der Waals surface area contributed by atoms with Crippen molar-refractivity contribution in [1.82, 2.24) is 5.32 Å². The van der Waals surface area contributed by atoms with E-state index in [2.05, 4.69) is 10.6 Å². The minimum atomic E-state index is -0.542. The lowest BCUT2D eigenvalue weighted by atomic mass is 10.1. The van der Waals surface area contributed by atoms with E-state index in [-0.39, 0.29) is 27.1 Å². The zero-order valence-corrected chi connectivity index (χ0v) is 15.6. The van der Waals surface area contributed by atoms with Gasteiger partial charge in [0.25, 0.3) is 5.91 Å². The molecule has 1 amide bonds. The fourth-order valence-corrected chi connectivity index (χ4v) is 2.75. The molecule has 3 N–H and O–H groups in total. The van der Waals surface area contributed by atoms with Crippen molar-refractivity contribution in [3.8, 4) is 17.2 Å². The van der Waals surface area contributed by atoms with Crippen LogP contribution >= 0.6 is 35.4 Å². The van der Waals surface area contributed by atoms with Gasteiger partial charge in [0.1, 0.15) is 17.1 Å². The standard InChI is InChI=1S/C16H14Cl2N2O4S/c1-23-11-4-3-5-12(24-2)13(11)15(22)20-16(25)19-10-7-8(17)6-9(18)14(10)21/h3-7,21H,1-2H3,(H2,19,20,22,25). The highest BCUT2D eigenvalue weighted by atomic mass is 35.5. The van der Waals surface area contributed by atoms with Crippen LogP contribution in [0.4, 0.5) is 5.69 Å². The van der Waals surface area contributed by atoms with Gasteiger partial charge < -0.3 is 19.9 Å². The molecule has 0 radical (unpaired) electrons. The Hall–Kier alpha value is -2.22. The van der Waals surface area contributed by atoms with Crippen LogP contribution in [0.15, 0.2) is 30.3 Å². The number of carbonyl (C=O) groups is 1. The average molecular weight is 401 g/mol. The lowest BCUT2D eigenvalue weighted by Gasteiger charge is -2.15. The second kappa shape index (κ2) is 8.24. The number of phenolic OH excluding ortho intramolecular Hbond substituents is 1. The Kier molecular flexibility index (Phi) is 6.30. The summed E-state index contributed by atoms with van der Waals surface area (Å²) in [7, 11) is 2.88. The first-order valence-electron chi connectivity index (χ1n) is 6.88. The van der Waals surface area contributed by atoms with Crippen molar-refractivity contribution < 1.29 is 19.4 Å². The molecule has 9 heteroatoms. The molecule has 132 valence electrons. The highest BCUT2D eigenvalue weighted by Gasteiger charge is 2.19. The lowest BCUT2D eigenvalue weighted by Crippen LogP contribution is -2.34. The van der Waals surface area contributed by atoms with Crippen LogP contribution in [0.25, 0.3) is 0 Å². The number of benzene rings is 2. The maximum atomic E-state index is 12.5. The molecule has 0 aromatic heterocycles. The van der Waals surface area contributed by atoms with Crippen LogP contribution in [-0.4, -0.2) is 30.3 Å². The Bertz CT molecular complexity index is 808. The summed E-state index contributed by atoms with van der Waals surface area (Å²) in [6.45, 7) is 0. The number of rotatable bonds is 4. The third-order valence-corrected chi connectivity index (χ3v) is 3.87. The van der Waals surface area contributed by atoms with Crippen LogP contribution < -0.4 is 20.1 Å².